The molecule has 3 rings (SSSR count). The molecule has 1 aliphatic rings. The summed E-state index contributed by atoms with van der Waals surface area (Å²) in [6.45, 7) is 3.73. The molecule has 0 bridgehead atoms. The molecular formula is C18H23N3O4S. The number of carbonyl (C=O) groups excluding carboxylic acids is 1. The van der Waals surface area contributed by atoms with E-state index in [1.54, 1.807) is 17.0 Å². The van der Waals surface area contributed by atoms with E-state index in [1.165, 1.54) is 18.2 Å². The Bertz CT molecular complexity index is 960. The largest absolute Gasteiger partial charge is 0.343 e. The number of hydrogen-bond donors (Lipinski definition) is 2. The van der Waals surface area contributed by atoms with Gasteiger partial charge in [0.05, 0.1) is 4.90 Å². The molecule has 1 aliphatic heterocycles. The molecule has 26 heavy (non-hydrogen) atoms. The fraction of sp³-hybridized carbons (Fsp3) is 0.444. The zero-order chi connectivity index (χ0) is 18.7. The van der Waals surface area contributed by atoms with Crippen LogP contribution >= 0.6 is 0 Å². The highest BCUT2D eigenvalue weighted by Gasteiger charge is 2.21. The predicted octanol–water partition coefficient (Wildman–Crippen LogP) is 1.45. The first kappa shape index (κ1) is 18.6. The number of carbonyl (C=O) groups is 1. The molecule has 1 aromatic heterocycles. The SMILES string of the molecule is CC1CCN(C(=O)CCNS(=O)(=O)c2ccc3[nH]c(=O)ccc3c2)CC1. The van der Waals surface area contributed by atoms with Gasteiger partial charge < -0.3 is 9.88 Å². The second-order valence-corrected chi connectivity index (χ2v) is 8.55. The van der Waals surface area contributed by atoms with Crippen molar-refractivity contribution in [3.05, 3.63) is 40.7 Å². The molecule has 7 nitrogen and oxygen atoms in total. The Morgan fingerprint density at radius 3 is 2.69 bits per heavy atom. The zero-order valence-electron chi connectivity index (χ0n) is 14.7. The van der Waals surface area contributed by atoms with E-state index in [0.717, 1.165) is 25.9 Å². The van der Waals surface area contributed by atoms with Crippen LogP contribution in [0.4, 0.5) is 0 Å². The van der Waals surface area contributed by atoms with E-state index >= 15 is 0 Å². The lowest BCUT2D eigenvalue weighted by Gasteiger charge is -2.30. The number of sulfonamides is 1. The van der Waals surface area contributed by atoms with Crippen LogP contribution in [-0.2, 0) is 14.8 Å². The predicted molar refractivity (Wildman–Crippen MR) is 99.4 cm³/mol. The molecule has 8 heteroatoms. The van der Waals surface area contributed by atoms with Gasteiger partial charge in [0.15, 0.2) is 0 Å². The minimum atomic E-state index is -3.71. The highest BCUT2D eigenvalue weighted by Crippen LogP contribution is 2.18. The summed E-state index contributed by atoms with van der Waals surface area (Å²) in [5.74, 6) is 0.621. The highest BCUT2D eigenvalue weighted by molar-refractivity contribution is 7.89. The van der Waals surface area contributed by atoms with Gasteiger partial charge in [-0.15, -0.1) is 0 Å². The number of aromatic amines is 1. The third kappa shape index (κ3) is 4.31. The van der Waals surface area contributed by atoms with Crippen LogP contribution in [0.25, 0.3) is 10.9 Å². The normalized spacial score (nSPS) is 16.1. The summed E-state index contributed by atoms with van der Waals surface area (Å²) in [5.41, 5.74) is 0.336. The van der Waals surface area contributed by atoms with Crippen molar-refractivity contribution in [2.45, 2.75) is 31.1 Å². The first-order valence-corrected chi connectivity index (χ1v) is 10.2. The molecule has 2 N–H and O–H groups in total. The van der Waals surface area contributed by atoms with Crippen LogP contribution in [0.5, 0.6) is 0 Å². The molecule has 0 aliphatic carbocycles. The Morgan fingerprint density at radius 1 is 1.23 bits per heavy atom. The standard InChI is InChI=1S/C18H23N3O4S/c1-13-7-10-21(11-8-13)18(23)6-9-19-26(24,25)15-3-4-16-14(12-15)2-5-17(22)20-16/h2-5,12-13,19H,6-11H2,1H3,(H,20,22). The van der Waals surface area contributed by atoms with Crippen LogP contribution in [0.15, 0.2) is 40.0 Å². The summed E-state index contributed by atoms with van der Waals surface area (Å²) in [4.78, 5) is 28.0. The topological polar surface area (TPSA) is 99.3 Å². The summed E-state index contributed by atoms with van der Waals surface area (Å²) in [5, 5.41) is 0.631. The van der Waals surface area contributed by atoms with Gasteiger partial charge in [-0.05, 0) is 48.4 Å². The number of fused-ring (bicyclic) bond motifs is 1. The molecule has 1 fully saturated rings. The number of piperidine rings is 1. The summed E-state index contributed by atoms with van der Waals surface area (Å²) in [6, 6.07) is 7.43. The van der Waals surface area contributed by atoms with Crippen molar-refractivity contribution >= 4 is 26.8 Å². The lowest BCUT2D eigenvalue weighted by Crippen LogP contribution is -2.39. The van der Waals surface area contributed by atoms with E-state index in [9.17, 15) is 18.0 Å². The Labute approximate surface area is 152 Å². The third-order valence-electron chi connectivity index (χ3n) is 4.77. The molecule has 0 radical (unpaired) electrons. The van der Waals surface area contributed by atoms with Crippen LogP contribution in [0.2, 0.25) is 0 Å². The van der Waals surface area contributed by atoms with E-state index in [0.29, 0.717) is 16.8 Å². The number of H-pyrrole nitrogens is 1. The first-order valence-electron chi connectivity index (χ1n) is 8.76. The van der Waals surface area contributed by atoms with Gasteiger partial charge in [0, 0.05) is 37.6 Å². The average molecular weight is 377 g/mol. The van der Waals surface area contributed by atoms with E-state index in [1.807, 2.05) is 0 Å². The fourth-order valence-corrected chi connectivity index (χ4v) is 4.16. The Balaban J connectivity index is 1.61. The maximum atomic E-state index is 12.4. The number of aromatic nitrogens is 1. The van der Waals surface area contributed by atoms with Crippen LogP contribution in [0.1, 0.15) is 26.2 Å². The van der Waals surface area contributed by atoms with E-state index in [2.05, 4.69) is 16.6 Å². The number of amides is 1. The van der Waals surface area contributed by atoms with Crippen molar-refractivity contribution in [2.24, 2.45) is 5.92 Å². The molecule has 0 atom stereocenters. The van der Waals surface area contributed by atoms with Crippen molar-refractivity contribution in [1.29, 1.82) is 0 Å². The number of nitrogens with zero attached hydrogens (tertiary/aromatic N) is 1. The minimum absolute atomic E-state index is 0.0179. The van der Waals surface area contributed by atoms with Gasteiger partial charge in [-0.1, -0.05) is 6.92 Å². The monoisotopic (exact) mass is 377 g/mol. The Morgan fingerprint density at radius 2 is 1.96 bits per heavy atom. The number of likely N-dealkylation sites (tertiary alicyclic amines) is 1. The molecule has 2 heterocycles. The summed E-state index contributed by atoms with van der Waals surface area (Å²) >= 11 is 0. The van der Waals surface area contributed by atoms with E-state index in [4.69, 9.17) is 0 Å². The van der Waals surface area contributed by atoms with Crippen LogP contribution in [-0.4, -0.2) is 43.8 Å². The molecule has 0 spiro atoms. The quantitative estimate of drug-likeness (QED) is 0.824. The molecule has 2 aromatic rings. The number of rotatable bonds is 5. The summed E-state index contributed by atoms with van der Waals surface area (Å²) < 4.78 is 27.4. The molecule has 0 unspecified atom stereocenters. The number of hydrogen-bond acceptors (Lipinski definition) is 4. The minimum Gasteiger partial charge on any atom is -0.343 e. The van der Waals surface area contributed by atoms with E-state index < -0.39 is 10.0 Å². The van der Waals surface area contributed by atoms with Gasteiger partial charge in [-0.3, -0.25) is 9.59 Å². The van der Waals surface area contributed by atoms with Crippen molar-refractivity contribution in [2.75, 3.05) is 19.6 Å². The molecular weight excluding hydrogens is 354 g/mol. The Kier molecular flexibility index (Phi) is 5.43. The van der Waals surface area contributed by atoms with Crippen LogP contribution in [0.3, 0.4) is 0 Å². The van der Waals surface area contributed by atoms with Gasteiger partial charge >= 0.3 is 0 Å². The second kappa shape index (κ2) is 7.59. The van der Waals surface area contributed by atoms with Gasteiger partial charge in [0.25, 0.3) is 0 Å². The smallest absolute Gasteiger partial charge is 0.248 e. The summed E-state index contributed by atoms with van der Waals surface area (Å²) in [7, 11) is -3.71. The maximum Gasteiger partial charge on any atom is 0.248 e. The van der Waals surface area contributed by atoms with Gasteiger partial charge in [0.2, 0.25) is 21.5 Å². The number of pyridine rings is 1. The third-order valence-corrected chi connectivity index (χ3v) is 6.23. The second-order valence-electron chi connectivity index (χ2n) is 6.78. The lowest BCUT2D eigenvalue weighted by atomic mass is 9.99. The fourth-order valence-electron chi connectivity index (χ4n) is 3.09. The van der Waals surface area contributed by atoms with Crippen LogP contribution in [0, 0.1) is 5.92 Å². The molecule has 140 valence electrons. The first-order chi connectivity index (χ1) is 12.3. The van der Waals surface area contributed by atoms with Gasteiger partial charge in [-0.25, -0.2) is 13.1 Å². The van der Waals surface area contributed by atoms with Gasteiger partial charge in [0.1, 0.15) is 0 Å². The number of benzene rings is 1. The Hall–Kier alpha value is -2.19. The highest BCUT2D eigenvalue weighted by atomic mass is 32.2. The maximum absolute atomic E-state index is 12.4. The van der Waals surface area contributed by atoms with Gasteiger partial charge in [-0.2, -0.15) is 0 Å². The van der Waals surface area contributed by atoms with E-state index in [-0.39, 0.29) is 29.3 Å². The van der Waals surface area contributed by atoms with Crippen molar-refractivity contribution in [3.63, 3.8) is 0 Å². The molecule has 1 amide bonds. The average Bonchev–Trinajstić information content (AvgIpc) is 2.61. The molecule has 0 saturated carbocycles. The van der Waals surface area contributed by atoms with Crippen molar-refractivity contribution in [3.8, 4) is 0 Å². The molecule has 1 aromatic carbocycles. The van der Waals surface area contributed by atoms with Crippen molar-refractivity contribution in [1.82, 2.24) is 14.6 Å². The molecule has 1 saturated heterocycles. The lowest BCUT2D eigenvalue weighted by molar-refractivity contribution is -0.132. The summed E-state index contributed by atoms with van der Waals surface area (Å²) in [6.07, 6.45) is 2.14. The number of nitrogens with one attached hydrogen (secondary N) is 2. The zero-order valence-corrected chi connectivity index (χ0v) is 15.5. The van der Waals surface area contributed by atoms with Crippen molar-refractivity contribution < 1.29 is 13.2 Å². The van der Waals surface area contributed by atoms with Crippen LogP contribution < -0.4 is 10.3 Å².